The minimum absolute atomic E-state index is 0.142. The number of carbonyl (C=O) groups excluding carboxylic acids is 2. The number of rotatable bonds is 6. The molecule has 10 heteroatoms. The largest absolute Gasteiger partial charge is 0.490 e. The van der Waals surface area contributed by atoms with E-state index in [2.05, 4.69) is 0 Å². The second-order valence-electron chi connectivity index (χ2n) is 7.42. The molecule has 0 aliphatic carbocycles. The predicted octanol–water partition coefficient (Wildman–Crippen LogP) is 1.57. The molecule has 2 aromatic rings. The molecular weight excluding hydrogens is 436 g/mol. The Kier molecular flexibility index (Phi) is 6.61. The van der Waals surface area contributed by atoms with Crippen molar-refractivity contribution in [1.82, 2.24) is 9.21 Å². The van der Waals surface area contributed by atoms with Crippen molar-refractivity contribution in [1.29, 1.82) is 0 Å². The van der Waals surface area contributed by atoms with E-state index in [9.17, 15) is 18.0 Å². The number of sulfonamides is 1. The summed E-state index contributed by atoms with van der Waals surface area (Å²) in [5.41, 5.74) is 0.523. The Morgan fingerprint density at radius 3 is 2.34 bits per heavy atom. The quantitative estimate of drug-likeness (QED) is 0.603. The predicted molar refractivity (Wildman–Crippen MR) is 115 cm³/mol. The van der Waals surface area contributed by atoms with E-state index < -0.39 is 10.0 Å². The molecule has 9 nitrogen and oxygen atoms in total. The molecule has 1 fully saturated rings. The van der Waals surface area contributed by atoms with Crippen LogP contribution >= 0.6 is 0 Å². The Morgan fingerprint density at radius 1 is 0.969 bits per heavy atom. The molecule has 0 bridgehead atoms. The van der Waals surface area contributed by atoms with Gasteiger partial charge in [-0.25, -0.2) is 8.42 Å². The molecule has 0 atom stereocenters. The number of nitrogens with zero attached hydrogens (tertiary/aromatic N) is 2. The molecule has 0 spiro atoms. The van der Waals surface area contributed by atoms with Gasteiger partial charge in [0.1, 0.15) is 12.0 Å². The fraction of sp³-hybridized carbons (Fsp3) is 0.364. The molecule has 2 aromatic carbocycles. The number of hydrogen-bond donors (Lipinski definition) is 0. The highest BCUT2D eigenvalue weighted by molar-refractivity contribution is 7.89. The van der Waals surface area contributed by atoms with Crippen LogP contribution < -0.4 is 14.2 Å². The van der Waals surface area contributed by atoms with E-state index in [4.69, 9.17) is 14.2 Å². The van der Waals surface area contributed by atoms with Crippen LogP contribution in [0.1, 0.15) is 16.8 Å². The number of ether oxygens (including phenoxy) is 3. The van der Waals surface area contributed by atoms with Crippen LogP contribution in [0, 0.1) is 0 Å². The van der Waals surface area contributed by atoms with E-state index in [0.717, 1.165) is 12.7 Å². The van der Waals surface area contributed by atoms with E-state index in [1.54, 1.807) is 35.2 Å². The van der Waals surface area contributed by atoms with Crippen molar-refractivity contribution in [3.8, 4) is 17.2 Å². The van der Waals surface area contributed by atoms with Crippen LogP contribution in [0.25, 0.3) is 0 Å². The fourth-order valence-electron chi connectivity index (χ4n) is 3.51. The van der Waals surface area contributed by atoms with E-state index >= 15 is 0 Å². The monoisotopic (exact) mass is 460 g/mol. The second-order valence-corrected chi connectivity index (χ2v) is 9.36. The number of carbonyl (C=O) groups is 2. The lowest BCUT2D eigenvalue weighted by atomic mass is 10.2. The molecule has 2 aliphatic heterocycles. The maximum Gasteiger partial charge on any atom is 0.260 e. The normalized spacial score (nSPS) is 16.8. The van der Waals surface area contributed by atoms with Crippen molar-refractivity contribution in [3.05, 3.63) is 48.0 Å². The van der Waals surface area contributed by atoms with Crippen molar-refractivity contribution in [3.63, 3.8) is 0 Å². The average molecular weight is 461 g/mol. The summed E-state index contributed by atoms with van der Waals surface area (Å²) in [6.45, 7) is 1.78. The highest BCUT2D eigenvalue weighted by Gasteiger charge is 2.31. The summed E-state index contributed by atoms with van der Waals surface area (Å²) < 4.78 is 44.2. The molecule has 0 aromatic heterocycles. The third-order valence-electron chi connectivity index (χ3n) is 5.33. The standard InChI is InChI=1S/C22H24N2O7S/c25-15-17-2-4-18(5-3-17)31-16-22(26)23-8-10-24(11-9-23)32(27,28)19-6-7-20-21(14-19)30-13-1-12-29-20/h2-7,14-15H,1,8-13,16H2. The molecule has 2 aliphatic rings. The number of benzene rings is 2. The van der Waals surface area contributed by atoms with Crippen molar-refractivity contribution >= 4 is 22.2 Å². The molecule has 0 N–H and O–H groups in total. The van der Waals surface area contributed by atoms with Gasteiger partial charge in [-0.2, -0.15) is 4.31 Å². The third kappa shape index (κ3) is 4.86. The molecular formula is C22H24N2O7S. The SMILES string of the molecule is O=Cc1ccc(OCC(=O)N2CCN(S(=O)(=O)c3ccc4c(c3)OCCCO4)CC2)cc1. The first-order valence-corrected chi connectivity index (χ1v) is 11.8. The second kappa shape index (κ2) is 9.58. The van der Waals surface area contributed by atoms with Gasteiger partial charge in [0, 0.05) is 44.2 Å². The highest BCUT2D eigenvalue weighted by atomic mass is 32.2. The first-order valence-electron chi connectivity index (χ1n) is 10.3. The summed E-state index contributed by atoms with van der Waals surface area (Å²) in [5, 5.41) is 0. The molecule has 0 unspecified atom stereocenters. The molecule has 0 saturated carbocycles. The van der Waals surface area contributed by atoms with Crippen molar-refractivity contribution in [2.45, 2.75) is 11.3 Å². The summed E-state index contributed by atoms with van der Waals surface area (Å²) >= 11 is 0. The summed E-state index contributed by atoms with van der Waals surface area (Å²) in [6, 6.07) is 11.1. The van der Waals surface area contributed by atoms with Crippen LogP contribution in [0.3, 0.4) is 0 Å². The van der Waals surface area contributed by atoms with Crippen LogP contribution in [0.15, 0.2) is 47.4 Å². The van der Waals surface area contributed by atoms with Gasteiger partial charge in [-0.05, 0) is 36.4 Å². The minimum Gasteiger partial charge on any atom is -0.490 e. The van der Waals surface area contributed by atoms with Gasteiger partial charge in [-0.3, -0.25) is 9.59 Å². The van der Waals surface area contributed by atoms with Gasteiger partial charge in [-0.1, -0.05) is 0 Å². The Balaban J connectivity index is 1.33. The van der Waals surface area contributed by atoms with Crippen molar-refractivity contribution in [2.75, 3.05) is 46.0 Å². The lowest BCUT2D eigenvalue weighted by Crippen LogP contribution is -2.51. The molecule has 1 amide bonds. The number of amides is 1. The number of piperazine rings is 1. The van der Waals surface area contributed by atoms with Gasteiger partial charge in [-0.15, -0.1) is 0 Å². The van der Waals surface area contributed by atoms with Crippen molar-refractivity contribution < 1.29 is 32.2 Å². The van der Waals surface area contributed by atoms with E-state index in [1.807, 2.05) is 0 Å². The zero-order valence-electron chi connectivity index (χ0n) is 17.4. The minimum atomic E-state index is -3.72. The zero-order valence-corrected chi connectivity index (χ0v) is 18.3. The molecule has 1 saturated heterocycles. The maximum absolute atomic E-state index is 13.1. The maximum atomic E-state index is 13.1. The molecule has 4 rings (SSSR count). The Hall–Kier alpha value is -3.11. The zero-order chi connectivity index (χ0) is 22.6. The van der Waals surface area contributed by atoms with Gasteiger partial charge in [0.2, 0.25) is 10.0 Å². The number of fused-ring (bicyclic) bond motifs is 1. The Labute approximate surface area is 186 Å². The smallest absolute Gasteiger partial charge is 0.260 e. The molecule has 170 valence electrons. The van der Waals surface area contributed by atoms with Gasteiger partial charge < -0.3 is 19.1 Å². The van der Waals surface area contributed by atoms with Crippen LogP contribution in [0.2, 0.25) is 0 Å². The Morgan fingerprint density at radius 2 is 1.66 bits per heavy atom. The van der Waals surface area contributed by atoms with Crippen LogP contribution in [0.5, 0.6) is 17.2 Å². The molecule has 2 heterocycles. The summed E-state index contributed by atoms with van der Waals surface area (Å²) in [5.74, 6) is 1.23. The van der Waals surface area contributed by atoms with E-state index in [-0.39, 0.29) is 43.6 Å². The molecule has 32 heavy (non-hydrogen) atoms. The van der Waals surface area contributed by atoms with Crippen molar-refractivity contribution in [2.24, 2.45) is 0 Å². The first-order chi connectivity index (χ1) is 15.5. The lowest BCUT2D eigenvalue weighted by molar-refractivity contribution is -0.134. The fourth-order valence-corrected chi connectivity index (χ4v) is 4.95. The number of aldehydes is 1. The van der Waals surface area contributed by atoms with Gasteiger partial charge in [0.25, 0.3) is 5.91 Å². The highest BCUT2D eigenvalue weighted by Crippen LogP contribution is 2.33. The molecule has 0 radical (unpaired) electrons. The van der Waals surface area contributed by atoms with Crippen LogP contribution in [0.4, 0.5) is 0 Å². The average Bonchev–Trinajstić information content (AvgIpc) is 3.08. The van der Waals surface area contributed by atoms with E-state index in [1.165, 1.54) is 16.4 Å². The summed E-state index contributed by atoms with van der Waals surface area (Å²) in [4.78, 5) is 24.9. The summed E-state index contributed by atoms with van der Waals surface area (Å²) in [6.07, 6.45) is 1.47. The topological polar surface area (TPSA) is 102 Å². The first kappa shape index (κ1) is 22.1. The van der Waals surface area contributed by atoms with Gasteiger partial charge >= 0.3 is 0 Å². The van der Waals surface area contributed by atoms with Gasteiger partial charge in [0.05, 0.1) is 18.1 Å². The van der Waals surface area contributed by atoms with Crippen LogP contribution in [-0.4, -0.2) is 75.8 Å². The van der Waals surface area contributed by atoms with Gasteiger partial charge in [0.15, 0.2) is 18.1 Å². The number of hydrogen-bond acceptors (Lipinski definition) is 7. The summed E-state index contributed by atoms with van der Waals surface area (Å²) in [7, 11) is -3.72. The van der Waals surface area contributed by atoms with Crippen LogP contribution in [-0.2, 0) is 14.8 Å². The Bertz CT molecular complexity index is 1080. The lowest BCUT2D eigenvalue weighted by Gasteiger charge is -2.34. The third-order valence-corrected chi connectivity index (χ3v) is 7.22. The van der Waals surface area contributed by atoms with E-state index in [0.29, 0.717) is 36.0 Å².